The van der Waals surface area contributed by atoms with Gasteiger partial charge >= 0.3 is 0 Å². The van der Waals surface area contributed by atoms with Gasteiger partial charge in [-0.1, -0.05) is 5.21 Å². The molecule has 0 spiro atoms. The second-order valence-corrected chi connectivity index (χ2v) is 5.52. The summed E-state index contributed by atoms with van der Waals surface area (Å²) < 4.78 is 6.97. The lowest BCUT2D eigenvalue weighted by atomic mass is 9.99. The van der Waals surface area contributed by atoms with Crippen LogP contribution in [0.5, 0.6) is 0 Å². The number of hydrogen-bond donors (Lipinski definition) is 1. The van der Waals surface area contributed by atoms with E-state index in [1.54, 1.807) is 16.0 Å². The molecule has 2 aromatic rings. The summed E-state index contributed by atoms with van der Waals surface area (Å²) in [5, 5.41) is 15.0. The highest BCUT2D eigenvalue weighted by Crippen LogP contribution is 2.15. The molecule has 2 aromatic heterocycles. The Labute approximate surface area is 120 Å². The molecule has 1 aliphatic heterocycles. The highest BCUT2D eigenvalue weighted by Gasteiger charge is 2.21. The summed E-state index contributed by atoms with van der Waals surface area (Å²) in [7, 11) is 0. The molecule has 0 unspecified atom stereocenters. The number of hydrogen-bond acceptors (Lipinski definition) is 5. The van der Waals surface area contributed by atoms with Crippen molar-refractivity contribution in [2.45, 2.75) is 19.4 Å². The number of aromatic nitrogens is 3. The molecule has 20 heavy (non-hydrogen) atoms. The minimum absolute atomic E-state index is 0.0654. The van der Waals surface area contributed by atoms with E-state index in [0.29, 0.717) is 19.8 Å². The molecule has 0 atom stereocenters. The molecule has 0 aliphatic carbocycles. The number of thiophene rings is 1. The lowest BCUT2D eigenvalue weighted by Gasteiger charge is -2.20. The Kier molecular flexibility index (Phi) is 4.08. The Morgan fingerprint density at radius 1 is 1.50 bits per heavy atom. The number of ether oxygens (including phenoxy) is 1. The molecule has 0 radical (unpaired) electrons. The molecule has 1 fully saturated rings. The van der Waals surface area contributed by atoms with E-state index < -0.39 is 0 Å². The van der Waals surface area contributed by atoms with Crippen molar-refractivity contribution in [2.24, 2.45) is 5.92 Å². The fraction of sp³-hybridized carbons (Fsp3) is 0.462. The summed E-state index contributed by atoms with van der Waals surface area (Å²) >= 11 is 1.61. The van der Waals surface area contributed by atoms with Crippen LogP contribution in [0.1, 0.15) is 18.5 Å². The van der Waals surface area contributed by atoms with Gasteiger partial charge in [0.2, 0.25) is 5.91 Å². The van der Waals surface area contributed by atoms with Crippen LogP contribution in [0.15, 0.2) is 23.0 Å². The van der Waals surface area contributed by atoms with Crippen molar-refractivity contribution >= 4 is 17.2 Å². The highest BCUT2D eigenvalue weighted by atomic mass is 32.1. The third-order valence-corrected chi connectivity index (χ3v) is 4.02. The summed E-state index contributed by atoms with van der Waals surface area (Å²) in [5.74, 6) is 0.147. The average Bonchev–Trinajstić information content (AvgIpc) is 3.16. The normalized spacial score (nSPS) is 16.2. The van der Waals surface area contributed by atoms with Crippen LogP contribution in [0.4, 0.5) is 0 Å². The van der Waals surface area contributed by atoms with E-state index in [2.05, 4.69) is 15.6 Å². The second-order valence-electron chi connectivity index (χ2n) is 4.74. The second kappa shape index (κ2) is 6.15. The van der Waals surface area contributed by atoms with Crippen LogP contribution in [0.25, 0.3) is 5.69 Å². The lowest BCUT2D eigenvalue weighted by molar-refractivity contribution is -0.128. The standard InChI is InChI=1S/C13H16N4O2S/c18-13(10-1-4-19-5-2-10)14-7-11-8-17(16-15-11)12-3-6-20-9-12/h3,6,8-10H,1-2,4-5,7H2,(H,14,18). The van der Waals surface area contributed by atoms with Gasteiger partial charge in [-0.15, -0.1) is 5.10 Å². The summed E-state index contributed by atoms with van der Waals surface area (Å²) in [5.41, 5.74) is 1.75. The molecule has 3 rings (SSSR count). The van der Waals surface area contributed by atoms with Gasteiger partial charge in [0.25, 0.3) is 0 Å². The summed E-state index contributed by atoms with van der Waals surface area (Å²) in [4.78, 5) is 12.0. The van der Waals surface area contributed by atoms with Gasteiger partial charge < -0.3 is 10.1 Å². The van der Waals surface area contributed by atoms with Crippen LogP contribution in [0.2, 0.25) is 0 Å². The molecule has 3 heterocycles. The van der Waals surface area contributed by atoms with Crippen molar-refractivity contribution in [2.75, 3.05) is 13.2 Å². The maximum atomic E-state index is 12.0. The summed E-state index contributed by atoms with van der Waals surface area (Å²) in [6.45, 7) is 1.76. The fourth-order valence-electron chi connectivity index (χ4n) is 2.18. The SMILES string of the molecule is O=C(NCc1cn(-c2ccsc2)nn1)C1CCOCC1. The van der Waals surface area contributed by atoms with Gasteiger partial charge in [0.05, 0.1) is 18.4 Å². The van der Waals surface area contributed by atoms with E-state index in [0.717, 1.165) is 24.2 Å². The van der Waals surface area contributed by atoms with Crippen LogP contribution in [0.3, 0.4) is 0 Å². The van der Waals surface area contributed by atoms with Crippen molar-refractivity contribution in [1.82, 2.24) is 20.3 Å². The molecule has 106 valence electrons. The number of rotatable bonds is 4. The molecule has 1 saturated heterocycles. The number of nitrogens with zero attached hydrogens (tertiary/aromatic N) is 3. The van der Waals surface area contributed by atoms with E-state index in [-0.39, 0.29) is 11.8 Å². The van der Waals surface area contributed by atoms with Gasteiger partial charge in [0.1, 0.15) is 5.69 Å². The lowest BCUT2D eigenvalue weighted by Crippen LogP contribution is -2.33. The third-order valence-electron chi connectivity index (χ3n) is 3.35. The predicted molar refractivity (Wildman–Crippen MR) is 74.6 cm³/mol. The van der Waals surface area contributed by atoms with Crippen LogP contribution < -0.4 is 5.32 Å². The molecular weight excluding hydrogens is 276 g/mol. The molecule has 1 amide bonds. The smallest absolute Gasteiger partial charge is 0.223 e. The predicted octanol–water partition coefficient (Wildman–Crippen LogP) is 1.37. The first-order valence-corrected chi connectivity index (χ1v) is 7.56. The van der Waals surface area contributed by atoms with Gasteiger partial charge in [-0.05, 0) is 24.3 Å². The maximum Gasteiger partial charge on any atom is 0.223 e. The Morgan fingerprint density at radius 3 is 3.10 bits per heavy atom. The van der Waals surface area contributed by atoms with Crippen molar-refractivity contribution in [3.63, 3.8) is 0 Å². The van der Waals surface area contributed by atoms with E-state index >= 15 is 0 Å². The van der Waals surface area contributed by atoms with E-state index in [4.69, 9.17) is 4.74 Å². The first-order chi connectivity index (χ1) is 9.83. The van der Waals surface area contributed by atoms with Gasteiger partial charge in [-0.25, -0.2) is 4.68 Å². The van der Waals surface area contributed by atoms with Crippen LogP contribution >= 0.6 is 11.3 Å². The fourth-order valence-corrected chi connectivity index (χ4v) is 2.80. The zero-order valence-corrected chi connectivity index (χ0v) is 11.8. The topological polar surface area (TPSA) is 69.0 Å². The van der Waals surface area contributed by atoms with E-state index in [1.165, 1.54) is 0 Å². The number of carbonyl (C=O) groups excluding carboxylic acids is 1. The Bertz CT molecular complexity index is 561. The molecule has 1 N–H and O–H groups in total. The summed E-state index contributed by atoms with van der Waals surface area (Å²) in [6, 6.07) is 1.98. The van der Waals surface area contributed by atoms with Crippen LogP contribution in [-0.2, 0) is 16.1 Å². The van der Waals surface area contributed by atoms with Crippen molar-refractivity contribution in [3.8, 4) is 5.69 Å². The monoisotopic (exact) mass is 292 g/mol. The zero-order valence-electron chi connectivity index (χ0n) is 11.0. The molecule has 0 saturated carbocycles. The average molecular weight is 292 g/mol. The molecule has 6 nitrogen and oxygen atoms in total. The first kappa shape index (κ1) is 13.3. The van der Waals surface area contributed by atoms with Crippen molar-refractivity contribution in [1.29, 1.82) is 0 Å². The van der Waals surface area contributed by atoms with Gasteiger partial charge in [-0.2, -0.15) is 11.3 Å². The molecule has 0 bridgehead atoms. The Balaban J connectivity index is 1.54. The van der Waals surface area contributed by atoms with Gasteiger partial charge in [-0.3, -0.25) is 4.79 Å². The Morgan fingerprint density at radius 2 is 2.35 bits per heavy atom. The third kappa shape index (κ3) is 3.05. The maximum absolute atomic E-state index is 12.0. The van der Waals surface area contributed by atoms with Gasteiger partial charge in [0.15, 0.2) is 0 Å². The van der Waals surface area contributed by atoms with E-state index in [9.17, 15) is 4.79 Å². The largest absolute Gasteiger partial charge is 0.381 e. The van der Waals surface area contributed by atoms with Gasteiger partial charge in [0, 0.05) is 24.5 Å². The van der Waals surface area contributed by atoms with E-state index in [1.807, 2.05) is 23.0 Å². The molecule has 0 aromatic carbocycles. The quantitative estimate of drug-likeness (QED) is 0.924. The summed E-state index contributed by atoms with van der Waals surface area (Å²) in [6.07, 6.45) is 3.44. The molecule has 7 heteroatoms. The highest BCUT2D eigenvalue weighted by molar-refractivity contribution is 7.08. The Hall–Kier alpha value is -1.73. The van der Waals surface area contributed by atoms with Crippen molar-refractivity contribution < 1.29 is 9.53 Å². The molecular formula is C13H16N4O2S. The zero-order chi connectivity index (χ0) is 13.8. The molecule has 1 aliphatic rings. The number of nitrogens with one attached hydrogen (secondary N) is 1. The number of amides is 1. The van der Waals surface area contributed by atoms with Crippen LogP contribution in [-0.4, -0.2) is 34.1 Å². The first-order valence-electron chi connectivity index (χ1n) is 6.62. The van der Waals surface area contributed by atoms with Crippen molar-refractivity contribution in [3.05, 3.63) is 28.7 Å². The number of carbonyl (C=O) groups is 1. The minimum atomic E-state index is 0.0654. The van der Waals surface area contributed by atoms with Crippen LogP contribution in [0, 0.1) is 5.92 Å². The minimum Gasteiger partial charge on any atom is -0.381 e.